The van der Waals surface area contributed by atoms with Crippen molar-refractivity contribution in [2.45, 2.75) is 46.7 Å². The fourth-order valence-electron chi connectivity index (χ4n) is 8.94. The quantitative estimate of drug-likeness (QED) is 0.0377. The van der Waals surface area contributed by atoms with Crippen LogP contribution in [-0.4, -0.2) is 83.9 Å². The molecule has 556 valence electrons. The van der Waals surface area contributed by atoms with Crippen LogP contribution in [0.3, 0.4) is 0 Å². The van der Waals surface area contributed by atoms with Crippen molar-refractivity contribution in [3.05, 3.63) is 302 Å². The van der Waals surface area contributed by atoms with E-state index >= 15 is 16.8 Å². The fraction of sp³-hybridized carbons (Fsp3) is 0.121. The van der Waals surface area contributed by atoms with E-state index in [4.69, 9.17) is 61.9 Å². The monoisotopic (exact) mass is 1620 g/mol. The highest BCUT2D eigenvalue weighted by atomic mass is 32.2. The molecule has 0 fully saturated rings. The third-order valence-electron chi connectivity index (χ3n) is 13.7. The molecule has 0 saturated heterocycles. The first-order valence-corrected chi connectivity index (χ1v) is 42.0. The maximum Gasteiger partial charge on any atom is 0.485 e. The number of alkyl halides is 12. The highest BCUT2D eigenvalue weighted by Gasteiger charge is 2.50. The number of hydrogen-bond donors (Lipinski definition) is 0. The summed E-state index contributed by atoms with van der Waals surface area (Å²) >= 11 is 0. The van der Waals surface area contributed by atoms with Crippen molar-refractivity contribution in [1.29, 1.82) is 0 Å². The number of pyridine rings is 2. The summed E-state index contributed by atoms with van der Waals surface area (Å²) in [4.78, 5) is 9.64. The summed E-state index contributed by atoms with van der Waals surface area (Å²) in [5.74, 6) is 0. The van der Waals surface area contributed by atoms with Crippen molar-refractivity contribution in [3.8, 4) is 0 Å². The molecule has 2 aromatic heterocycles. The standard InChI is InChI=1S/2C31H27F2NP2.4CHF3O3S/c2*32-35(28-16-5-1-6-17-28,29-18-7-2-8-19-29)24-26-14-13-15-27(34-26)25-36(33,30-20-9-3-10-21-30)31-22-11-4-12-23-31;4*2-1(3,4)8(5,6)7/h2*1-23H,24-25H2;4*(H,5,6,7)/q2*+2;;;;/p-4. The molecule has 10 rings (SSSR count). The zero-order chi connectivity index (χ0) is 77.7. The van der Waals surface area contributed by atoms with Crippen LogP contribution in [0.4, 0.5) is 69.5 Å². The van der Waals surface area contributed by atoms with Crippen LogP contribution < -0.4 is 42.4 Å². The zero-order valence-electron chi connectivity index (χ0n) is 52.6. The van der Waals surface area contributed by atoms with Crippen LogP contribution in [0.25, 0.3) is 0 Å². The smallest absolute Gasteiger partial charge is 0.485 e. The molecule has 0 N–H and O–H groups in total. The van der Waals surface area contributed by atoms with E-state index in [-0.39, 0.29) is 24.6 Å². The molecule has 14 nitrogen and oxygen atoms in total. The van der Waals surface area contributed by atoms with E-state index in [0.717, 1.165) is 0 Å². The minimum Gasteiger partial charge on any atom is -0.741 e. The first kappa shape index (κ1) is 86.9. The number of halogens is 16. The molecule has 0 saturated carbocycles. The van der Waals surface area contributed by atoms with Gasteiger partial charge in [0.05, 0.1) is 22.8 Å². The van der Waals surface area contributed by atoms with E-state index in [1.807, 2.05) is 279 Å². The van der Waals surface area contributed by atoms with Crippen LogP contribution in [0.2, 0.25) is 0 Å². The van der Waals surface area contributed by atoms with Gasteiger partial charge in [0.25, 0.3) is 30.3 Å². The molecule has 0 aliphatic heterocycles. The van der Waals surface area contributed by atoms with Crippen LogP contribution in [0.15, 0.2) is 279 Å². The summed E-state index contributed by atoms with van der Waals surface area (Å²) < 4.78 is 303. The van der Waals surface area contributed by atoms with Crippen LogP contribution in [-0.2, 0) is 65.1 Å². The van der Waals surface area contributed by atoms with Gasteiger partial charge in [0.2, 0.25) is 0 Å². The predicted molar refractivity (Wildman–Crippen MR) is 367 cm³/mol. The number of rotatable bonds is 16. The Morgan fingerprint density at radius 3 is 0.423 bits per heavy atom. The largest absolute Gasteiger partial charge is 0.741 e. The molecule has 38 heteroatoms. The molecule has 10 aromatic rings. The second-order valence-corrected chi connectivity index (χ2v) is 37.6. The summed E-state index contributed by atoms with van der Waals surface area (Å²) in [6, 6.07) is 86.0. The van der Waals surface area contributed by atoms with E-state index in [1.165, 1.54) is 0 Å². The predicted octanol–water partition coefficient (Wildman–Crippen LogP) is 14.6. The molecule has 0 atom stereocenters. The second kappa shape index (κ2) is 36.5. The van der Waals surface area contributed by atoms with Gasteiger partial charge in [0.1, 0.15) is 67.1 Å². The highest BCUT2D eigenvalue weighted by molar-refractivity contribution is 7.88. The number of nitrogens with zero attached hydrogens (tertiary/aromatic N) is 2. The van der Waals surface area contributed by atoms with E-state index in [1.54, 1.807) is 0 Å². The molecule has 0 aliphatic carbocycles. The Hall–Kier alpha value is -7.70. The van der Waals surface area contributed by atoms with E-state index < -0.39 is 92.8 Å². The molecule has 104 heavy (non-hydrogen) atoms. The summed E-state index contributed by atoms with van der Waals surface area (Å²) in [6.07, 6.45) is 0.680. The molecule has 0 aliphatic rings. The minimum atomic E-state index is -6.09. The molecule has 0 radical (unpaired) electrons. The van der Waals surface area contributed by atoms with Crippen molar-refractivity contribution in [1.82, 2.24) is 9.97 Å². The fourth-order valence-corrected chi connectivity index (χ4v) is 19.2. The Morgan fingerprint density at radius 1 is 0.221 bits per heavy atom. The molecule has 0 bridgehead atoms. The van der Waals surface area contributed by atoms with Gasteiger partial charge in [0, 0.05) is 0 Å². The Morgan fingerprint density at radius 2 is 0.327 bits per heavy atom. The van der Waals surface area contributed by atoms with Gasteiger partial charge in [-0.05, 0) is 121 Å². The van der Waals surface area contributed by atoms with Crippen molar-refractivity contribution >= 4 is 113 Å². The maximum atomic E-state index is 16.9. The molecule has 0 spiro atoms. The highest BCUT2D eigenvalue weighted by Crippen LogP contribution is 2.64. The van der Waals surface area contributed by atoms with Crippen LogP contribution in [0, 0.1) is 0 Å². The first-order chi connectivity index (χ1) is 48.2. The molecule has 2 heterocycles. The lowest BCUT2D eigenvalue weighted by Gasteiger charge is -2.18. The Kier molecular flexibility index (Phi) is 30.5. The molecule has 0 amide bonds. The Bertz CT molecular complexity index is 4050. The van der Waals surface area contributed by atoms with Gasteiger partial charge < -0.3 is 18.2 Å². The van der Waals surface area contributed by atoms with Gasteiger partial charge in [0.15, 0.2) is 40.5 Å². The van der Waals surface area contributed by atoms with Crippen LogP contribution >= 0.6 is 30.3 Å². The third kappa shape index (κ3) is 25.3. The third-order valence-corrected chi connectivity index (χ3v) is 27.9. The molecular weight excluding hydrogens is 1570 g/mol. The lowest BCUT2D eigenvalue weighted by atomic mass is 10.3. The average molecular weight is 1620 g/mol. The van der Waals surface area contributed by atoms with Crippen LogP contribution in [0.1, 0.15) is 22.8 Å². The number of benzene rings is 8. The molecular formula is C66H54F16N2O12P4S4. The minimum absolute atomic E-state index is 0.170. The summed E-state index contributed by atoms with van der Waals surface area (Å²) in [5, 5.41) is 5.48. The molecule has 8 aromatic carbocycles. The topological polar surface area (TPSA) is 255 Å². The van der Waals surface area contributed by atoms with Gasteiger partial charge in [-0.15, -0.1) is 0 Å². The average Bonchev–Trinajstić information content (AvgIpc) is 0.791. The zero-order valence-corrected chi connectivity index (χ0v) is 59.5. The van der Waals surface area contributed by atoms with Crippen molar-refractivity contribution in [2.24, 2.45) is 0 Å². The number of hydrogen-bond acceptors (Lipinski definition) is 14. The Labute approximate surface area is 589 Å². The van der Waals surface area contributed by atoms with Crippen LogP contribution in [0.5, 0.6) is 0 Å². The van der Waals surface area contributed by atoms with E-state index in [0.29, 0.717) is 65.2 Å². The van der Waals surface area contributed by atoms with Gasteiger partial charge in [-0.1, -0.05) is 175 Å². The van der Waals surface area contributed by atoms with Crippen molar-refractivity contribution < 1.29 is 121 Å². The summed E-state index contributed by atoms with van der Waals surface area (Å²) in [6.45, 7) is 0. The van der Waals surface area contributed by atoms with Gasteiger partial charge in [-0.25, -0.2) is 43.6 Å². The lowest BCUT2D eigenvalue weighted by Crippen LogP contribution is -2.22. The summed E-state index contributed by atoms with van der Waals surface area (Å²) in [5.41, 5.74) is -20.0. The van der Waals surface area contributed by atoms with E-state index in [9.17, 15) is 52.7 Å². The summed E-state index contributed by atoms with van der Waals surface area (Å²) in [7, 11) is -37.3. The number of aromatic nitrogens is 2. The normalized spacial score (nSPS) is 12.5. The van der Waals surface area contributed by atoms with E-state index in [2.05, 4.69) is 0 Å². The SMILES string of the molecule is F[P+](Cc1cccc(C[P+](F)(c2ccccc2)c2ccccc2)n1)(c1ccccc1)c1ccccc1.F[P+](Cc1cccc(C[P+](F)(c2ccccc2)c2ccccc2)n1)(c1ccccc1)c1ccccc1.O=S(=O)([O-])C(F)(F)F.O=S(=O)([O-])C(F)(F)F.O=S(=O)([O-])C(F)(F)F.O=S(=O)([O-])C(F)(F)F. The first-order valence-electron chi connectivity index (χ1n) is 28.9. The maximum absolute atomic E-state index is 16.9. The van der Waals surface area contributed by atoms with Crippen molar-refractivity contribution in [3.63, 3.8) is 0 Å². The van der Waals surface area contributed by atoms with Crippen molar-refractivity contribution in [2.75, 3.05) is 0 Å². The molecule has 0 unspecified atom stereocenters. The van der Waals surface area contributed by atoms with Gasteiger partial charge in [-0.2, -0.15) is 52.7 Å². The van der Waals surface area contributed by atoms with Gasteiger partial charge in [-0.3, -0.25) is 0 Å². The second-order valence-electron chi connectivity index (χ2n) is 21.0. The lowest BCUT2D eigenvalue weighted by molar-refractivity contribution is -0.0522. The Balaban J connectivity index is 0.000000264. The van der Waals surface area contributed by atoms with Gasteiger partial charge >= 0.3 is 22.0 Å².